The molecule has 0 spiro atoms. The summed E-state index contributed by atoms with van der Waals surface area (Å²) in [5.41, 5.74) is 1.40. The van der Waals surface area contributed by atoms with Gasteiger partial charge < -0.3 is 23.5 Å². The highest BCUT2D eigenvalue weighted by Crippen LogP contribution is 2.38. The number of thiazole rings is 1. The van der Waals surface area contributed by atoms with Crippen molar-refractivity contribution < 1.29 is 18.6 Å². The van der Waals surface area contributed by atoms with Gasteiger partial charge in [0, 0.05) is 42.7 Å². The SMILES string of the molecule is COc1cc(OC[C@H]2CCCN(c3nccs3)C2)c2cc(-c3cn4nc(OC)sc4n3)oc2c1. The average Bonchev–Trinajstić information content (AvgIpc) is 3.64. The predicted octanol–water partition coefficient (Wildman–Crippen LogP) is 4.97. The second kappa shape index (κ2) is 8.80. The summed E-state index contributed by atoms with van der Waals surface area (Å²) in [6.45, 7) is 2.61. The maximum atomic E-state index is 6.35. The van der Waals surface area contributed by atoms with Crippen LogP contribution >= 0.6 is 22.7 Å². The van der Waals surface area contributed by atoms with Crippen molar-refractivity contribution in [1.29, 1.82) is 0 Å². The smallest absolute Gasteiger partial charge is 0.294 e. The molecular weight excluding hydrogens is 474 g/mol. The standard InChI is InChI=1S/C23H23N5O4S2/c1-29-15-8-18(31-13-14-4-3-6-27(11-14)21-24-5-7-33-21)16-10-20(32-19(16)9-15)17-12-28-22(25-17)34-23(26-28)30-2/h5,7-10,12,14H,3-4,6,11,13H2,1-2H3/t14-/m0/s1. The molecule has 5 aromatic rings. The van der Waals surface area contributed by atoms with E-state index in [2.05, 4.69) is 20.0 Å². The maximum absolute atomic E-state index is 6.35. The summed E-state index contributed by atoms with van der Waals surface area (Å²) in [4.78, 5) is 12.2. The molecule has 6 rings (SSSR count). The van der Waals surface area contributed by atoms with Crippen molar-refractivity contribution >= 4 is 43.7 Å². The van der Waals surface area contributed by atoms with Crippen molar-refractivity contribution in [2.75, 3.05) is 38.8 Å². The minimum Gasteiger partial charge on any atom is -0.496 e. The Balaban J connectivity index is 1.25. The summed E-state index contributed by atoms with van der Waals surface area (Å²) in [6.07, 6.45) is 5.96. The lowest BCUT2D eigenvalue weighted by atomic mass is 9.99. The summed E-state index contributed by atoms with van der Waals surface area (Å²) in [5, 5.41) is 8.90. The quantitative estimate of drug-likeness (QED) is 0.311. The minimum absolute atomic E-state index is 0.422. The van der Waals surface area contributed by atoms with Gasteiger partial charge in [0.1, 0.15) is 22.8 Å². The van der Waals surface area contributed by atoms with Crippen molar-refractivity contribution in [2.45, 2.75) is 12.8 Å². The number of imidazole rings is 1. The topological polar surface area (TPSA) is 87.2 Å². The Labute approximate surface area is 203 Å². The van der Waals surface area contributed by atoms with Gasteiger partial charge in [0.2, 0.25) is 4.96 Å². The van der Waals surface area contributed by atoms with Crippen LogP contribution < -0.4 is 19.1 Å². The van der Waals surface area contributed by atoms with E-state index in [-0.39, 0.29) is 0 Å². The molecule has 0 radical (unpaired) electrons. The Morgan fingerprint density at radius 3 is 2.94 bits per heavy atom. The number of anilines is 1. The molecule has 0 bridgehead atoms. The molecule has 176 valence electrons. The molecule has 0 aliphatic carbocycles. The van der Waals surface area contributed by atoms with Gasteiger partial charge in [-0.05, 0) is 30.2 Å². The van der Waals surface area contributed by atoms with Crippen LogP contribution in [0.15, 0.2) is 40.4 Å². The van der Waals surface area contributed by atoms with Crippen LogP contribution in [0, 0.1) is 5.92 Å². The fraction of sp³-hybridized carbons (Fsp3) is 0.348. The Kier molecular flexibility index (Phi) is 5.50. The van der Waals surface area contributed by atoms with Crippen molar-refractivity contribution in [2.24, 2.45) is 5.92 Å². The first-order valence-corrected chi connectivity index (χ1v) is 12.7. The third-order valence-corrected chi connectivity index (χ3v) is 7.66. The highest BCUT2D eigenvalue weighted by atomic mass is 32.1. The number of rotatable bonds is 7. The number of aromatic nitrogens is 4. The van der Waals surface area contributed by atoms with Crippen LogP contribution in [-0.2, 0) is 0 Å². The van der Waals surface area contributed by atoms with Crippen molar-refractivity contribution in [3.05, 3.63) is 36.0 Å². The van der Waals surface area contributed by atoms with Crippen LogP contribution in [0.4, 0.5) is 5.13 Å². The van der Waals surface area contributed by atoms with Gasteiger partial charge in [0.25, 0.3) is 5.19 Å². The highest BCUT2D eigenvalue weighted by Gasteiger charge is 2.23. The van der Waals surface area contributed by atoms with Crippen LogP contribution in [0.5, 0.6) is 16.7 Å². The molecule has 34 heavy (non-hydrogen) atoms. The normalized spacial score (nSPS) is 16.4. The van der Waals surface area contributed by atoms with Crippen LogP contribution in [0.2, 0.25) is 0 Å². The summed E-state index contributed by atoms with van der Waals surface area (Å²) in [5.74, 6) is 2.51. The van der Waals surface area contributed by atoms with E-state index in [1.165, 1.54) is 11.3 Å². The molecule has 1 aliphatic rings. The summed E-state index contributed by atoms with van der Waals surface area (Å²) in [6, 6.07) is 5.76. The van der Waals surface area contributed by atoms with Gasteiger partial charge in [-0.2, -0.15) is 0 Å². The lowest BCUT2D eigenvalue weighted by Crippen LogP contribution is -2.37. The number of furan rings is 1. The maximum Gasteiger partial charge on any atom is 0.294 e. The predicted molar refractivity (Wildman–Crippen MR) is 132 cm³/mol. The second-order valence-corrected chi connectivity index (χ2v) is 9.94. The number of ether oxygens (including phenoxy) is 3. The summed E-state index contributed by atoms with van der Waals surface area (Å²) in [7, 11) is 3.24. The molecule has 11 heteroatoms. The number of methoxy groups -OCH3 is 2. The first-order valence-electron chi connectivity index (χ1n) is 11.0. The van der Waals surface area contributed by atoms with Crippen LogP contribution in [-0.4, -0.2) is 53.5 Å². The zero-order chi connectivity index (χ0) is 23.1. The number of nitrogens with zero attached hydrogens (tertiary/aromatic N) is 5. The lowest BCUT2D eigenvalue weighted by Gasteiger charge is -2.32. The summed E-state index contributed by atoms with van der Waals surface area (Å²) < 4.78 is 24.9. The van der Waals surface area contributed by atoms with Gasteiger partial charge in [-0.15, -0.1) is 16.4 Å². The van der Waals surface area contributed by atoms with Gasteiger partial charge >= 0.3 is 0 Å². The molecule has 4 aromatic heterocycles. The third kappa shape index (κ3) is 3.94. The Bertz CT molecular complexity index is 1390. The van der Waals surface area contributed by atoms with Crippen molar-refractivity contribution in [3.8, 4) is 28.1 Å². The number of hydrogen-bond acceptors (Lipinski definition) is 10. The number of hydrogen-bond donors (Lipinski definition) is 0. The van der Waals surface area contributed by atoms with Gasteiger partial charge in [-0.1, -0.05) is 0 Å². The molecular formula is C23H23N5O4S2. The molecule has 1 aliphatic heterocycles. The van der Waals surface area contributed by atoms with E-state index in [9.17, 15) is 0 Å². The zero-order valence-electron chi connectivity index (χ0n) is 18.8. The summed E-state index contributed by atoms with van der Waals surface area (Å²) >= 11 is 3.06. The van der Waals surface area contributed by atoms with E-state index in [1.807, 2.05) is 36.0 Å². The van der Waals surface area contributed by atoms with Crippen LogP contribution in [0.3, 0.4) is 0 Å². The molecule has 1 atom stereocenters. The minimum atomic E-state index is 0.422. The first kappa shape index (κ1) is 21.2. The Morgan fingerprint density at radius 2 is 2.15 bits per heavy atom. The second-order valence-electron chi connectivity index (χ2n) is 8.15. The Hall–Kier alpha value is -3.31. The van der Waals surface area contributed by atoms with Crippen molar-refractivity contribution in [1.82, 2.24) is 19.6 Å². The average molecular weight is 498 g/mol. The van der Waals surface area contributed by atoms with E-state index < -0.39 is 0 Å². The van der Waals surface area contributed by atoms with Gasteiger partial charge in [0.15, 0.2) is 10.9 Å². The molecule has 0 unspecified atom stereocenters. The number of fused-ring (bicyclic) bond motifs is 2. The van der Waals surface area contributed by atoms with Crippen molar-refractivity contribution in [3.63, 3.8) is 0 Å². The van der Waals surface area contributed by atoms with E-state index in [1.54, 1.807) is 30.1 Å². The third-order valence-electron chi connectivity index (χ3n) is 5.94. The van der Waals surface area contributed by atoms with E-state index in [0.29, 0.717) is 40.5 Å². The molecule has 9 nitrogen and oxygen atoms in total. The van der Waals surface area contributed by atoms with Gasteiger partial charge in [0.05, 0.1) is 32.4 Å². The van der Waals surface area contributed by atoms with E-state index >= 15 is 0 Å². The largest absolute Gasteiger partial charge is 0.496 e. The van der Waals surface area contributed by atoms with E-state index in [4.69, 9.17) is 18.6 Å². The first-order chi connectivity index (χ1) is 16.7. The van der Waals surface area contributed by atoms with Crippen LogP contribution in [0.1, 0.15) is 12.8 Å². The monoisotopic (exact) mass is 497 g/mol. The lowest BCUT2D eigenvalue weighted by molar-refractivity contribution is 0.230. The molecule has 1 aromatic carbocycles. The van der Waals surface area contributed by atoms with Gasteiger partial charge in [-0.3, -0.25) is 0 Å². The highest BCUT2D eigenvalue weighted by molar-refractivity contribution is 7.18. The molecule has 0 amide bonds. The fourth-order valence-electron chi connectivity index (χ4n) is 4.28. The van der Waals surface area contributed by atoms with E-state index in [0.717, 1.165) is 47.2 Å². The molecule has 5 heterocycles. The zero-order valence-corrected chi connectivity index (χ0v) is 20.4. The molecule has 1 fully saturated rings. The molecule has 1 saturated heterocycles. The molecule has 0 N–H and O–H groups in total. The fourth-order valence-corrected chi connectivity index (χ4v) is 5.66. The van der Waals surface area contributed by atoms with Gasteiger partial charge in [-0.25, -0.2) is 14.5 Å². The number of benzene rings is 1. The number of piperidine rings is 1. The molecule has 0 saturated carbocycles. The van der Waals surface area contributed by atoms with Crippen LogP contribution in [0.25, 0.3) is 27.4 Å². The Morgan fingerprint density at radius 1 is 1.21 bits per heavy atom.